The maximum atomic E-state index is 11.7. The van der Waals surface area contributed by atoms with E-state index in [0.717, 1.165) is 11.3 Å². The van der Waals surface area contributed by atoms with Crippen LogP contribution in [0, 0.1) is 6.92 Å². The van der Waals surface area contributed by atoms with Crippen molar-refractivity contribution in [2.75, 3.05) is 26.0 Å². The molecule has 0 saturated carbocycles. The summed E-state index contributed by atoms with van der Waals surface area (Å²) in [5.74, 6) is -0.215. The van der Waals surface area contributed by atoms with Gasteiger partial charge in [0.2, 0.25) is 11.8 Å². The molecule has 1 aromatic rings. The van der Waals surface area contributed by atoms with Gasteiger partial charge >= 0.3 is 0 Å². The Labute approximate surface area is 114 Å². The predicted octanol–water partition coefficient (Wildman–Crippen LogP) is 1.000. The third kappa shape index (κ3) is 5.09. The molecule has 0 radical (unpaired) electrons. The molecule has 0 aromatic heterocycles. The van der Waals surface area contributed by atoms with Crippen molar-refractivity contribution in [3.63, 3.8) is 0 Å². The summed E-state index contributed by atoms with van der Waals surface area (Å²) in [5.41, 5.74) is 1.85. The lowest BCUT2D eigenvalue weighted by Crippen LogP contribution is -2.44. The molecule has 0 fully saturated rings. The molecule has 0 aliphatic carbocycles. The maximum absolute atomic E-state index is 11.7. The van der Waals surface area contributed by atoms with Crippen molar-refractivity contribution >= 4 is 17.5 Å². The number of amides is 2. The first-order valence-electron chi connectivity index (χ1n) is 6.21. The largest absolute Gasteiger partial charge is 0.347 e. The first-order valence-corrected chi connectivity index (χ1v) is 6.21. The Bertz CT molecular complexity index is 458. The molecule has 0 saturated heterocycles. The lowest BCUT2D eigenvalue weighted by atomic mass is 10.2. The molecule has 2 N–H and O–H groups in total. The Morgan fingerprint density at radius 3 is 2.58 bits per heavy atom. The van der Waals surface area contributed by atoms with Crippen LogP contribution in [0.5, 0.6) is 0 Å². The minimum atomic E-state index is -0.377. The van der Waals surface area contributed by atoms with E-state index in [1.54, 1.807) is 21.0 Å². The number of carbonyl (C=O) groups excluding carboxylic acids is 2. The lowest BCUT2D eigenvalue weighted by molar-refractivity contribution is -0.130. The zero-order valence-electron chi connectivity index (χ0n) is 11.9. The average molecular weight is 263 g/mol. The second-order valence-electron chi connectivity index (χ2n) is 4.75. The number of nitrogens with one attached hydrogen (secondary N) is 2. The Morgan fingerprint density at radius 1 is 1.32 bits per heavy atom. The number of anilines is 1. The highest BCUT2D eigenvalue weighted by atomic mass is 16.2. The van der Waals surface area contributed by atoms with E-state index >= 15 is 0 Å². The van der Waals surface area contributed by atoms with Gasteiger partial charge in [-0.3, -0.25) is 14.9 Å². The fourth-order valence-corrected chi connectivity index (χ4v) is 1.65. The summed E-state index contributed by atoms with van der Waals surface area (Å²) in [5, 5.41) is 5.68. The SMILES string of the molecule is Cc1cccc(NC(=O)CNC(C)C(=O)N(C)C)c1. The van der Waals surface area contributed by atoms with Crippen molar-refractivity contribution in [3.05, 3.63) is 29.8 Å². The number of hydrogen-bond acceptors (Lipinski definition) is 3. The number of likely N-dealkylation sites (N-methyl/N-ethyl adjacent to an activating group) is 1. The van der Waals surface area contributed by atoms with Crippen LogP contribution in [0.2, 0.25) is 0 Å². The molecule has 1 unspecified atom stereocenters. The smallest absolute Gasteiger partial charge is 0.238 e. The minimum Gasteiger partial charge on any atom is -0.347 e. The molecule has 1 atom stereocenters. The van der Waals surface area contributed by atoms with Gasteiger partial charge in [0, 0.05) is 19.8 Å². The van der Waals surface area contributed by atoms with Gasteiger partial charge in [0.15, 0.2) is 0 Å². The zero-order chi connectivity index (χ0) is 14.4. The van der Waals surface area contributed by atoms with Crippen molar-refractivity contribution in [2.24, 2.45) is 0 Å². The van der Waals surface area contributed by atoms with Gasteiger partial charge in [-0.1, -0.05) is 12.1 Å². The van der Waals surface area contributed by atoms with E-state index in [9.17, 15) is 9.59 Å². The molecule has 19 heavy (non-hydrogen) atoms. The third-order valence-electron chi connectivity index (χ3n) is 2.68. The molecule has 2 amide bonds. The number of hydrogen-bond donors (Lipinski definition) is 2. The van der Waals surface area contributed by atoms with Crippen LogP contribution in [0.3, 0.4) is 0 Å². The quantitative estimate of drug-likeness (QED) is 0.833. The molecular formula is C14H21N3O2. The molecule has 1 rings (SSSR count). The standard InChI is InChI=1S/C14H21N3O2/c1-10-6-5-7-12(8-10)16-13(18)9-15-11(2)14(19)17(3)4/h5-8,11,15H,9H2,1-4H3,(H,16,18). The van der Waals surface area contributed by atoms with Gasteiger partial charge in [-0.15, -0.1) is 0 Å². The number of aryl methyl sites for hydroxylation is 1. The molecule has 5 heteroatoms. The highest BCUT2D eigenvalue weighted by molar-refractivity contribution is 5.92. The third-order valence-corrected chi connectivity index (χ3v) is 2.68. The van der Waals surface area contributed by atoms with Crippen molar-refractivity contribution < 1.29 is 9.59 Å². The number of rotatable bonds is 5. The van der Waals surface area contributed by atoms with Crippen LogP contribution in [0.25, 0.3) is 0 Å². The van der Waals surface area contributed by atoms with Crippen molar-refractivity contribution in [1.82, 2.24) is 10.2 Å². The monoisotopic (exact) mass is 263 g/mol. The number of carbonyl (C=O) groups is 2. The van der Waals surface area contributed by atoms with E-state index in [1.807, 2.05) is 31.2 Å². The predicted molar refractivity (Wildman–Crippen MR) is 76.0 cm³/mol. The van der Waals surface area contributed by atoms with E-state index in [-0.39, 0.29) is 24.4 Å². The van der Waals surface area contributed by atoms with Gasteiger partial charge in [0.05, 0.1) is 12.6 Å². The topological polar surface area (TPSA) is 61.4 Å². The van der Waals surface area contributed by atoms with Gasteiger partial charge < -0.3 is 10.2 Å². The van der Waals surface area contributed by atoms with E-state index in [1.165, 1.54) is 4.90 Å². The molecule has 0 bridgehead atoms. The summed E-state index contributed by atoms with van der Waals surface area (Å²) in [7, 11) is 3.38. The van der Waals surface area contributed by atoms with Crippen molar-refractivity contribution in [1.29, 1.82) is 0 Å². The highest BCUT2D eigenvalue weighted by Crippen LogP contribution is 2.08. The van der Waals surface area contributed by atoms with Crippen LogP contribution in [0.15, 0.2) is 24.3 Å². The summed E-state index contributed by atoms with van der Waals surface area (Å²) in [4.78, 5) is 24.8. The normalized spacial score (nSPS) is 11.8. The van der Waals surface area contributed by atoms with Gasteiger partial charge in [-0.05, 0) is 31.5 Å². The fraction of sp³-hybridized carbons (Fsp3) is 0.429. The summed E-state index contributed by atoms with van der Waals surface area (Å²) in [6, 6.07) is 7.20. The number of benzene rings is 1. The Morgan fingerprint density at radius 2 is 2.00 bits per heavy atom. The highest BCUT2D eigenvalue weighted by Gasteiger charge is 2.15. The second-order valence-corrected chi connectivity index (χ2v) is 4.75. The number of nitrogens with zero attached hydrogens (tertiary/aromatic N) is 1. The molecule has 0 heterocycles. The van der Waals surface area contributed by atoms with Crippen LogP contribution in [-0.2, 0) is 9.59 Å². The molecule has 0 aliphatic rings. The van der Waals surface area contributed by atoms with Crippen molar-refractivity contribution in [2.45, 2.75) is 19.9 Å². The van der Waals surface area contributed by atoms with Crippen LogP contribution in [-0.4, -0.2) is 43.4 Å². The Hall–Kier alpha value is -1.88. The van der Waals surface area contributed by atoms with Gasteiger partial charge in [-0.25, -0.2) is 0 Å². The summed E-state index contributed by atoms with van der Waals surface area (Å²) in [6.07, 6.45) is 0. The minimum absolute atomic E-state index is 0.0524. The summed E-state index contributed by atoms with van der Waals surface area (Å²) in [6.45, 7) is 3.81. The average Bonchev–Trinajstić information content (AvgIpc) is 2.34. The molecule has 0 aliphatic heterocycles. The van der Waals surface area contributed by atoms with Crippen molar-refractivity contribution in [3.8, 4) is 0 Å². The van der Waals surface area contributed by atoms with Crippen LogP contribution in [0.4, 0.5) is 5.69 Å². The molecule has 1 aromatic carbocycles. The first-order chi connectivity index (χ1) is 8.90. The second kappa shape index (κ2) is 6.89. The summed E-state index contributed by atoms with van der Waals surface area (Å²) >= 11 is 0. The van der Waals surface area contributed by atoms with E-state index in [0.29, 0.717) is 0 Å². The lowest BCUT2D eigenvalue weighted by Gasteiger charge is -2.17. The zero-order valence-corrected chi connectivity index (χ0v) is 11.9. The van der Waals surface area contributed by atoms with Crippen LogP contribution < -0.4 is 10.6 Å². The Balaban J connectivity index is 2.42. The maximum Gasteiger partial charge on any atom is 0.238 e. The fourth-order valence-electron chi connectivity index (χ4n) is 1.65. The molecular weight excluding hydrogens is 242 g/mol. The van der Waals surface area contributed by atoms with Gasteiger partial charge in [0.25, 0.3) is 0 Å². The van der Waals surface area contributed by atoms with Crippen LogP contribution in [0.1, 0.15) is 12.5 Å². The van der Waals surface area contributed by atoms with E-state index in [2.05, 4.69) is 10.6 Å². The van der Waals surface area contributed by atoms with Crippen LogP contribution >= 0.6 is 0 Å². The van der Waals surface area contributed by atoms with E-state index in [4.69, 9.17) is 0 Å². The summed E-state index contributed by atoms with van der Waals surface area (Å²) < 4.78 is 0. The first kappa shape index (κ1) is 15.2. The molecule has 104 valence electrons. The Kier molecular flexibility index (Phi) is 5.51. The van der Waals surface area contributed by atoms with Gasteiger partial charge in [-0.2, -0.15) is 0 Å². The molecule has 5 nitrogen and oxygen atoms in total. The van der Waals surface area contributed by atoms with Gasteiger partial charge in [0.1, 0.15) is 0 Å². The van der Waals surface area contributed by atoms with E-state index < -0.39 is 0 Å². The molecule has 0 spiro atoms.